The van der Waals surface area contributed by atoms with Crippen molar-refractivity contribution >= 4 is 11.8 Å². The number of hydrogen-bond acceptors (Lipinski definition) is 3. The van der Waals surface area contributed by atoms with Gasteiger partial charge in [-0.15, -0.1) is 0 Å². The minimum absolute atomic E-state index is 0.0380. The molecule has 1 aliphatic carbocycles. The molecular weight excluding hydrogens is 354 g/mol. The molecule has 1 N–H and O–H groups in total. The quantitative estimate of drug-likeness (QED) is 0.871. The average Bonchev–Trinajstić information content (AvgIpc) is 2.99. The summed E-state index contributed by atoms with van der Waals surface area (Å²) in [6.07, 6.45) is 4.77. The van der Waals surface area contributed by atoms with Crippen molar-refractivity contribution in [3.05, 3.63) is 35.4 Å². The first-order valence-electron chi connectivity index (χ1n) is 9.60. The van der Waals surface area contributed by atoms with Gasteiger partial charge in [0, 0.05) is 17.7 Å². The average molecular weight is 380 g/mol. The van der Waals surface area contributed by atoms with Crippen molar-refractivity contribution in [2.24, 2.45) is 0 Å². The zero-order valence-electron chi connectivity index (χ0n) is 15.8. The number of amides is 2. The van der Waals surface area contributed by atoms with Gasteiger partial charge in [-0.05, 0) is 51.2 Å². The third kappa shape index (κ3) is 3.98. The molecule has 2 fully saturated rings. The van der Waals surface area contributed by atoms with E-state index in [-0.39, 0.29) is 24.1 Å². The molecule has 1 aromatic carbocycles. The summed E-state index contributed by atoms with van der Waals surface area (Å²) in [6.45, 7) is 3.93. The highest BCUT2D eigenvalue weighted by atomic mass is 19.1. The smallest absolute Gasteiger partial charge is 0.257 e. The second-order valence-corrected chi connectivity index (χ2v) is 7.48. The number of benzene rings is 1. The number of carbonyl (C=O) groups excluding carboxylic acids is 2. The van der Waals surface area contributed by atoms with E-state index in [0.29, 0.717) is 12.8 Å². The van der Waals surface area contributed by atoms with Gasteiger partial charge in [0.1, 0.15) is 23.4 Å². The molecule has 3 rings (SSSR count). The van der Waals surface area contributed by atoms with Gasteiger partial charge >= 0.3 is 0 Å². The van der Waals surface area contributed by atoms with Gasteiger partial charge in [0.15, 0.2) is 0 Å². The lowest BCUT2D eigenvalue weighted by atomic mass is 9.89. The van der Waals surface area contributed by atoms with Crippen molar-refractivity contribution in [3.63, 3.8) is 0 Å². The lowest BCUT2D eigenvalue weighted by Gasteiger charge is -2.41. The summed E-state index contributed by atoms with van der Waals surface area (Å²) in [4.78, 5) is 27.4. The summed E-state index contributed by atoms with van der Waals surface area (Å²) in [5.74, 6) is -2.51. The SMILES string of the molecule is CC[C@@H](C)NC(=O)[C@@H]1COC2(CCCCC2)N1C(=O)c1cc(F)cc(F)c1. The van der Waals surface area contributed by atoms with Crippen LogP contribution in [0.4, 0.5) is 8.78 Å². The highest BCUT2D eigenvalue weighted by Gasteiger charge is 2.53. The minimum atomic E-state index is -0.879. The Morgan fingerprint density at radius 2 is 1.85 bits per heavy atom. The molecule has 1 saturated carbocycles. The molecule has 1 aromatic rings. The third-order valence-corrected chi connectivity index (χ3v) is 5.53. The van der Waals surface area contributed by atoms with Crippen LogP contribution in [0, 0.1) is 11.6 Å². The monoisotopic (exact) mass is 380 g/mol. The summed E-state index contributed by atoms with van der Waals surface area (Å²) < 4.78 is 33.3. The van der Waals surface area contributed by atoms with E-state index >= 15 is 0 Å². The number of halogens is 2. The van der Waals surface area contributed by atoms with Crippen molar-refractivity contribution in [1.82, 2.24) is 10.2 Å². The summed E-state index contributed by atoms with van der Waals surface area (Å²) in [6, 6.07) is 1.88. The molecule has 1 aliphatic heterocycles. The zero-order chi connectivity index (χ0) is 19.6. The van der Waals surface area contributed by atoms with E-state index in [2.05, 4.69) is 5.32 Å². The molecule has 5 nitrogen and oxygen atoms in total. The molecule has 2 aliphatic rings. The van der Waals surface area contributed by atoms with Gasteiger partial charge < -0.3 is 10.1 Å². The fraction of sp³-hybridized carbons (Fsp3) is 0.600. The van der Waals surface area contributed by atoms with Crippen molar-refractivity contribution in [3.8, 4) is 0 Å². The fourth-order valence-corrected chi connectivity index (χ4v) is 3.93. The van der Waals surface area contributed by atoms with Crippen LogP contribution in [-0.2, 0) is 9.53 Å². The number of ether oxygens (including phenoxy) is 1. The first-order valence-corrected chi connectivity index (χ1v) is 9.60. The summed E-state index contributed by atoms with van der Waals surface area (Å²) in [7, 11) is 0. The molecule has 2 amide bonds. The van der Waals surface area contributed by atoms with Gasteiger partial charge in [-0.1, -0.05) is 13.3 Å². The Morgan fingerprint density at radius 3 is 2.44 bits per heavy atom. The van der Waals surface area contributed by atoms with E-state index in [1.807, 2.05) is 13.8 Å². The highest BCUT2D eigenvalue weighted by Crippen LogP contribution is 2.41. The molecule has 1 saturated heterocycles. The second-order valence-electron chi connectivity index (χ2n) is 7.48. The van der Waals surface area contributed by atoms with Gasteiger partial charge in [-0.3, -0.25) is 14.5 Å². The van der Waals surface area contributed by atoms with Crippen molar-refractivity contribution in [1.29, 1.82) is 0 Å². The second kappa shape index (κ2) is 7.92. The fourth-order valence-electron chi connectivity index (χ4n) is 3.93. The molecule has 2 atom stereocenters. The van der Waals surface area contributed by atoms with E-state index < -0.39 is 29.3 Å². The van der Waals surface area contributed by atoms with Gasteiger partial charge in [0.2, 0.25) is 5.91 Å². The van der Waals surface area contributed by atoms with Gasteiger partial charge in [-0.2, -0.15) is 0 Å². The molecule has 0 radical (unpaired) electrons. The van der Waals surface area contributed by atoms with Crippen molar-refractivity contribution in [2.45, 2.75) is 70.2 Å². The van der Waals surface area contributed by atoms with Crippen LogP contribution in [-0.4, -0.2) is 41.1 Å². The third-order valence-electron chi connectivity index (χ3n) is 5.53. The Balaban J connectivity index is 1.95. The van der Waals surface area contributed by atoms with Crippen LogP contribution in [0.5, 0.6) is 0 Å². The van der Waals surface area contributed by atoms with Crippen LogP contribution >= 0.6 is 0 Å². The van der Waals surface area contributed by atoms with Crippen LogP contribution in [0.25, 0.3) is 0 Å². The van der Waals surface area contributed by atoms with Gasteiger partial charge in [-0.25, -0.2) is 8.78 Å². The highest BCUT2D eigenvalue weighted by molar-refractivity contribution is 5.98. The topological polar surface area (TPSA) is 58.6 Å². The summed E-state index contributed by atoms with van der Waals surface area (Å²) >= 11 is 0. The van der Waals surface area contributed by atoms with Crippen LogP contribution in [0.3, 0.4) is 0 Å². The van der Waals surface area contributed by atoms with E-state index in [1.54, 1.807) is 0 Å². The van der Waals surface area contributed by atoms with E-state index in [9.17, 15) is 18.4 Å². The molecule has 0 bridgehead atoms. The van der Waals surface area contributed by atoms with E-state index in [0.717, 1.165) is 43.9 Å². The number of rotatable bonds is 4. The summed E-state index contributed by atoms with van der Waals surface area (Å²) in [5.41, 5.74) is -0.987. The Bertz CT molecular complexity index is 699. The van der Waals surface area contributed by atoms with E-state index in [1.165, 1.54) is 4.90 Å². The number of nitrogens with zero attached hydrogens (tertiary/aromatic N) is 1. The largest absolute Gasteiger partial charge is 0.353 e. The molecule has 1 heterocycles. The van der Waals surface area contributed by atoms with Gasteiger partial charge in [0.25, 0.3) is 5.91 Å². The predicted octanol–water partition coefficient (Wildman–Crippen LogP) is 3.38. The van der Waals surface area contributed by atoms with Crippen molar-refractivity contribution in [2.75, 3.05) is 6.61 Å². The molecule has 0 unspecified atom stereocenters. The number of hydrogen-bond donors (Lipinski definition) is 1. The van der Waals surface area contributed by atoms with Crippen LogP contribution < -0.4 is 5.32 Å². The first kappa shape index (κ1) is 19.7. The molecule has 148 valence electrons. The molecule has 1 spiro atoms. The lowest BCUT2D eigenvalue weighted by molar-refractivity contribution is -0.127. The Kier molecular flexibility index (Phi) is 5.79. The predicted molar refractivity (Wildman–Crippen MR) is 96.0 cm³/mol. The van der Waals surface area contributed by atoms with E-state index in [4.69, 9.17) is 4.74 Å². The van der Waals surface area contributed by atoms with Gasteiger partial charge in [0.05, 0.1) is 6.61 Å². The normalized spacial score (nSPS) is 22.7. The number of carbonyl (C=O) groups is 2. The minimum Gasteiger partial charge on any atom is -0.353 e. The molecule has 0 aromatic heterocycles. The van der Waals surface area contributed by atoms with Crippen LogP contribution in [0.1, 0.15) is 62.7 Å². The maximum absolute atomic E-state index is 13.7. The zero-order valence-corrected chi connectivity index (χ0v) is 15.8. The van der Waals surface area contributed by atoms with Crippen LogP contribution in [0.15, 0.2) is 18.2 Å². The summed E-state index contributed by atoms with van der Waals surface area (Å²) in [5, 5.41) is 2.89. The molecular formula is C20H26F2N2O3. The Morgan fingerprint density at radius 1 is 1.22 bits per heavy atom. The van der Waals surface area contributed by atoms with Crippen LogP contribution in [0.2, 0.25) is 0 Å². The maximum Gasteiger partial charge on any atom is 0.257 e. The maximum atomic E-state index is 13.7. The number of nitrogens with one attached hydrogen (secondary N) is 1. The lowest BCUT2D eigenvalue weighted by Crippen LogP contribution is -2.57. The molecule has 27 heavy (non-hydrogen) atoms. The Hall–Kier alpha value is -2.02. The standard InChI is InChI=1S/C20H26F2N2O3/c1-3-13(2)23-18(25)17-12-27-20(7-5-4-6-8-20)24(17)19(26)14-9-15(21)11-16(22)10-14/h9-11,13,17H,3-8,12H2,1-2H3,(H,23,25)/t13-,17+/m1/s1. The van der Waals surface area contributed by atoms with Crippen molar-refractivity contribution < 1.29 is 23.1 Å². The molecule has 7 heteroatoms. The first-order chi connectivity index (χ1) is 12.9. The Labute approximate surface area is 158 Å².